The fourth-order valence-corrected chi connectivity index (χ4v) is 2.12. The Kier molecular flexibility index (Phi) is 5.56. The van der Waals surface area contributed by atoms with Crippen LogP contribution < -0.4 is 15.4 Å². The largest absolute Gasteiger partial charge is 0.475 e. The lowest BCUT2D eigenvalue weighted by molar-refractivity contribution is -0.137. The van der Waals surface area contributed by atoms with Crippen LogP contribution in [0.25, 0.3) is 0 Å². The highest BCUT2D eigenvalue weighted by Gasteiger charge is 2.33. The highest BCUT2D eigenvalue weighted by molar-refractivity contribution is 6.31. The van der Waals surface area contributed by atoms with Gasteiger partial charge in [-0.1, -0.05) is 18.5 Å². The topological polar surface area (TPSA) is 58.5 Å². The lowest BCUT2D eigenvalue weighted by Crippen LogP contribution is -2.40. The quantitative estimate of drug-likeness (QED) is 0.487. The van der Waals surface area contributed by atoms with Crippen molar-refractivity contribution >= 4 is 17.6 Å². The summed E-state index contributed by atoms with van der Waals surface area (Å²) in [4.78, 5) is 7.68. The zero-order chi connectivity index (χ0) is 17.0. The third kappa shape index (κ3) is 5.16. The number of nitrogens with zero attached hydrogens (tertiary/aromatic N) is 2. The van der Waals surface area contributed by atoms with Crippen LogP contribution in [0, 0.1) is 5.92 Å². The minimum Gasteiger partial charge on any atom is -0.475 e. The van der Waals surface area contributed by atoms with Crippen LogP contribution in [0.2, 0.25) is 5.02 Å². The van der Waals surface area contributed by atoms with Gasteiger partial charge in [-0.3, -0.25) is 4.99 Å². The molecule has 1 fully saturated rings. The number of aliphatic imine (C=N–C) groups is 1. The van der Waals surface area contributed by atoms with Gasteiger partial charge in [-0.2, -0.15) is 13.2 Å². The van der Waals surface area contributed by atoms with E-state index in [1.807, 2.05) is 0 Å². The zero-order valence-corrected chi connectivity index (χ0v) is 13.5. The summed E-state index contributed by atoms with van der Waals surface area (Å²) in [5.74, 6) is 1.27. The van der Waals surface area contributed by atoms with Gasteiger partial charge in [-0.05, 0) is 18.4 Å². The molecule has 2 N–H and O–H groups in total. The van der Waals surface area contributed by atoms with Gasteiger partial charge in [-0.15, -0.1) is 0 Å². The number of pyridine rings is 1. The molecule has 128 valence electrons. The van der Waals surface area contributed by atoms with Crippen LogP contribution in [-0.4, -0.2) is 37.2 Å². The first-order valence-electron chi connectivity index (χ1n) is 7.14. The van der Waals surface area contributed by atoms with Gasteiger partial charge < -0.3 is 15.4 Å². The highest BCUT2D eigenvalue weighted by Crippen LogP contribution is 2.33. The molecule has 0 saturated heterocycles. The van der Waals surface area contributed by atoms with Crippen LogP contribution in [0.4, 0.5) is 13.2 Å². The Bertz CT molecular complexity index is 580. The molecule has 1 aromatic rings. The van der Waals surface area contributed by atoms with Crippen molar-refractivity contribution in [3.8, 4) is 5.88 Å². The fraction of sp³-hybridized carbons (Fsp3) is 0.571. The minimum absolute atomic E-state index is 0.0276. The number of ether oxygens (including phenoxy) is 1. The SMILES string of the molecule is CN=C(NCCOc1ncc(C(F)(F)F)cc1Cl)NC1CC1C. The van der Waals surface area contributed by atoms with E-state index in [0.29, 0.717) is 30.7 Å². The zero-order valence-electron chi connectivity index (χ0n) is 12.7. The molecule has 1 aromatic heterocycles. The molecule has 9 heteroatoms. The molecule has 2 atom stereocenters. The van der Waals surface area contributed by atoms with E-state index in [0.717, 1.165) is 12.5 Å². The maximum Gasteiger partial charge on any atom is 0.417 e. The monoisotopic (exact) mass is 350 g/mol. The molecule has 0 radical (unpaired) electrons. The molecule has 5 nitrogen and oxygen atoms in total. The summed E-state index contributed by atoms with van der Waals surface area (Å²) in [6, 6.07) is 1.24. The van der Waals surface area contributed by atoms with Crippen molar-refractivity contribution < 1.29 is 17.9 Å². The number of alkyl halides is 3. The standard InChI is InChI=1S/C14H18ClF3N4O/c1-8-5-11(8)22-13(19-2)20-3-4-23-12-10(15)6-9(7-21-12)14(16,17)18/h6-8,11H,3-5H2,1-2H3,(H2,19,20,22). The van der Waals surface area contributed by atoms with Crippen molar-refractivity contribution in [1.29, 1.82) is 0 Å². The fourth-order valence-electron chi connectivity index (χ4n) is 1.90. The summed E-state index contributed by atoms with van der Waals surface area (Å²) in [6.07, 6.45) is -2.67. The number of rotatable bonds is 5. The summed E-state index contributed by atoms with van der Waals surface area (Å²) >= 11 is 5.75. The molecular formula is C14H18ClF3N4O. The van der Waals surface area contributed by atoms with E-state index in [1.54, 1.807) is 7.05 Å². The van der Waals surface area contributed by atoms with Gasteiger partial charge in [0, 0.05) is 19.3 Å². The van der Waals surface area contributed by atoms with Gasteiger partial charge in [0.05, 0.1) is 12.1 Å². The number of hydrogen-bond acceptors (Lipinski definition) is 3. The van der Waals surface area contributed by atoms with E-state index < -0.39 is 11.7 Å². The molecular weight excluding hydrogens is 333 g/mol. The lowest BCUT2D eigenvalue weighted by atomic mass is 10.3. The first-order chi connectivity index (χ1) is 10.8. The predicted molar refractivity (Wildman–Crippen MR) is 81.8 cm³/mol. The number of nitrogens with one attached hydrogen (secondary N) is 2. The molecule has 23 heavy (non-hydrogen) atoms. The molecule has 1 aliphatic carbocycles. The van der Waals surface area contributed by atoms with Crippen molar-refractivity contribution in [2.75, 3.05) is 20.2 Å². The second kappa shape index (κ2) is 7.25. The molecule has 0 aliphatic heterocycles. The van der Waals surface area contributed by atoms with Gasteiger partial charge in [-0.25, -0.2) is 4.98 Å². The van der Waals surface area contributed by atoms with Gasteiger partial charge in [0.15, 0.2) is 5.96 Å². The Labute approximate surface area is 137 Å². The molecule has 2 unspecified atom stereocenters. The van der Waals surface area contributed by atoms with Crippen molar-refractivity contribution in [3.63, 3.8) is 0 Å². The Morgan fingerprint density at radius 2 is 2.22 bits per heavy atom. The lowest BCUT2D eigenvalue weighted by Gasteiger charge is -2.13. The first-order valence-corrected chi connectivity index (χ1v) is 7.51. The second-order valence-electron chi connectivity index (χ2n) is 5.32. The molecule has 1 heterocycles. The maximum absolute atomic E-state index is 12.5. The van der Waals surface area contributed by atoms with Crippen molar-refractivity contribution in [3.05, 3.63) is 22.8 Å². The Morgan fingerprint density at radius 3 is 2.74 bits per heavy atom. The molecule has 1 aliphatic rings. The average Bonchev–Trinajstić information content (AvgIpc) is 3.17. The molecule has 0 amide bonds. The average molecular weight is 351 g/mol. The summed E-state index contributed by atoms with van der Waals surface area (Å²) in [5.41, 5.74) is -0.906. The minimum atomic E-state index is -4.48. The van der Waals surface area contributed by atoms with Crippen molar-refractivity contribution in [2.45, 2.75) is 25.6 Å². The van der Waals surface area contributed by atoms with Crippen molar-refractivity contribution in [1.82, 2.24) is 15.6 Å². The molecule has 0 aromatic carbocycles. The van der Waals surface area contributed by atoms with E-state index in [9.17, 15) is 13.2 Å². The molecule has 1 saturated carbocycles. The van der Waals surface area contributed by atoms with E-state index in [2.05, 4.69) is 27.5 Å². The van der Waals surface area contributed by atoms with E-state index >= 15 is 0 Å². The van der Waals surface area contributed by atoms with Crippen molar-refractivity contribution in [2.24, 2.45) is 10.9 Å². The highest BCUT2D eigenvalue weighted by atomic mass is 35.5. The molecule has 2 rings (SSSR count). The van der Waals surface area contributed by atoms with Gasteiger partial charge in [0.2, 0.25) is 5.88 Å². The normalized spacial score (nSPS) is 21.0. The van der Waals surface area contributed by atoms with Crippen LogP contribution in [-0.2, 0) is 6.18 Å². The Morgan fingerprint density at radius 1 is 1.52 bits per heavy atom. The van der Waals surface area contributed by atoms with Gasteiger partial charge in [0.1, 0.15) is 11.6 Å². The van der Waals surface area contributed by atoms with E-state index in [-0.39, 0.29) is 17.5 Å². The maximum atomic E-state index is 12.5. The summed E-state index contributed by atoms with van der Waals surface area (Å²) in [5, 5.41) is 6.12. The van der Waals surface area contributed by atoms with Gasteiger partial charge >= 0.3 is 6.18 Å². The summed E-state index contributed by atoms with van der Waals surface area (Å²) in [6.45, 7) is 2.76. The van der Waals surface area contributed by atoms with Crippen LogP contribution in [0.1, 0.15) is 18.9 Å². The second-order valence-corrected chi connectivity index (χ2v) is 5.73. The Hall–Kier alpha value is -1.70. The molecule has 0 bridgehead atoms. The number of aromatic nitrogens is 1. The molecule has 0 spiro atoms. The first kappa shape index (κ1) is 17.7. The van der Waals surface area contributed by atoms with Crippen LogP contribution in [0.5, 0.6) is 5.88 Å². The van der Waals surface area contributed by atoms with Crippen LogP contribution in [0.3, 0.4) is 0 Å². The Balaban J connectivity index is 1.77. The van der Waals surface area contributed by atoms with E-state index in [4.69, 9.17) is 16.3 Å². The number of hydrogen-bond donors (Lipinski definition) is 2. The summed E-state index contributed by atoms with van der Waals surface area (Å²) < 4.78 is 42.8. The third-order valence-corrected chi connectivity index (χ3v) is 3.69. The number of guanidine groups is 1. The summed E-state index contributed by atoms with van der Waals surface area (Å²) in [7, 11) is 1.66. The van der Waals surface area contributed by atoms with Gasteiger partial charge in [0.25, 0.3) is 0 Å². The van der Waals surface area contributed by atoms with E-state index in [1.165, 1.54) is 0 Å². The predicted octanol–water partition coefficient (Wildman–Crippen LogP) is 2.71. The van der Waals surface area contributed by atoms with Crippen LogP contribution >= 0.6 is 11.6 Å². The third-order valence-electron chi connectivity index (χ3n) is 3.42. The van der Waals surface area contributed by atoms with Crippen LogP contribution in [0.15, 0.2) is 17.3 Å². The smallest absolute Gasteiger partial charge is 0.417 e. The number of halogens is 4.